The lowest BCUT2D eigenvalue weighted by molar-refractivity contribution is -0.125. The number of hydrogen-bond acceptors (Lipinski definition) is 3. The highest BCUT2D eigenvalue weighted by molar-refractivity contribution is 6.00. The maximum absolute atomic E-state index is 12.8. The smallest absolute Gasteiger partial charge is 0.267 e. The minimum absolute atomic E-state index is 0.0731. The third-order valence-corrected chi connectivity index (χ3v) is 4.91. The Labute approximate surface area is 146 Å². The highest BCUT2D eigenvalue weighted by Gasteiger charge is 2.29. The normalized spacial score (nSPS) is 18.6. The summed E-state index contributed by atoms with van der Waals surface area (Å²) in [4.78, 5) is 28.3. The van der Waals surface area contributed by atoms with Gasteiger partial charge in [-0.25, -0.2) is 0 Å². The SMILES string of the molecule is CC1Oc2ccc(CC(=O)N3CCc4ccccc43)cc2N(C)C1=O. The molecule has 0 fully saturated rings. The highest BCUT2D eigenvalue weighted by atomic mass is 16.5. The van der Waals surface area contributed by atoms with Gasteiger partial charge in [-0.3, -0.25) is 9.59 Å². The average Bonchev–Trinajstić information content (AvgIpc) is 3.05. The molecule has 25 heavy (non-hydrogen) atoms. The lowest BCUT2D eigenvalue weighted by Gasteiger charge is -2.30. The molecule has 128 valence electrons. The molecule has 0 N–H and O–H groups in total. The predicted molar refractivity (Wildman–Crippen MR) is 96.1 cm³/mol. The second kappa shape index (κ2) is 5.92. The number of carbonyl (C=O) groups excluding carboxylic acids is 2. The first kappa shape index (κ1) is 15.7. The number of likely N-dealkylation sites (N-methyl/N-ethyl adjacent to an activating group) is 1. The summed E-state index contributed by atoms with van der Waals surface area (Å²) in [6.07, 6.45) is 0.722. The van der Waals surface area contributed by atoms with Gasteiger partial charge in [0.2, 0.25) is 5.91 Å². The van der Waals surface area contributed by atoms with E-state index in [0.29, 0.717) is 12.2 Å². The number of nitrogens with zero attached hydrogens (tertiary/aromatic N) is 2. The summed E-state index contributed by atoms with van der Waals surface area (Å²) >= 11 is 0. The van der Waals surface area contributed by atoms with Crippen molar-refractivity contribution >= 4 is 23.2 Å². The van der Waals surface area contributed by atoms with Gasteiger partial charge in [0.05, 0.1) is 12.1 Å². The summed E-state index contributed by atoms with van der Waals surface area (Å²) in [5.41, 5.74) is 3.82. The third kappa shape index (κ3) is 2.65. The fourth-order valence-electron chi connectivity index (χ4n) is 3.53. The molecular weight excluding hydrogens is 316 g/mol. The maximum Gasteiger partial charge on any atom is 0.267 e. The quantitative estimate of drug-likeness (QED) is 0.847. The lowest BCUT2D eigenvalue weighted by Crippen LogP contribution is -2.42. The molecule has 2 amide bonds. The summed E-state index contributed by atoms with van der Waals surface area (Å²) in [6, 6.07) is 13.6. The number of carbonyl (C=O) groups is 2. The summed E-state index contributed by atoms with van der Waals surface area (Å²) < 4.78 is 5.63. The van der Waals surface area contributed by atoms with Gasteiger partial charge in [-0.05, 0) is 42.7 Å². The van der Waals surface area contributed by atoms with Crippen molar-refractivity contribution in [1.82, 2.24) is 0 Å². The van der Waals surface area contributed by atoms with Crippen LogP contribution in [0.2, 0.25) is 0 Å². The van der Waals surface area contributed by atoms with Gasteiger partial charge in [-0.15, -0.1) is 0 Å². The summed E-state index contributed by atoms with van der Waals surface area (Å²) in [5, 5.41) is 0. The zero-order chi connectivity index (χ0) is 17.6. The first-order chi connectivity index (χ1) is 12.0. The van der Waals surface area contributed by atoms with Crippen LogP contribution in [0.15, 0.2) is 42.5 Å². The second-order valence-corrected chi connectivity index (χ2v) is 6.56. The standard InChI is InChI=1S/C20H20N2O3/c1-13-20(24)21(2)17-11-14(7-8-18(17)25-13)12-19(23)22-10-9-15-5-3-4-6-16(15)22/h3-8,11,13H,9-10,12H2,1-2H3. The summed E-state index contributed by atoms with van der Waals surface area (Å²) in [6.45, 7) is 2.46. The Morgan fingerprint density at radius 2 is 2.00 bits per heavy atom. The number of rotatable bonds is 2. The van der Waals surface area contributed by atoms with Crippen LogP contribution >= 0.6 is 0 Å². The van der Waals surface area contributed by atoms with Crippen LogP contribution < -0.4 is 14.5 Å². The third-order valence-electron chi connectivity index (χ3n) is 4.91. The van der Waals surface area contributed by atoms with E-state index >= 15 is 0 Å². The van der Waals surface area contributed by atoms with E-state index in [1.165, 1.54) is 5.56 Å². The first-order valence-electron chi connectivity index (χ1n) is 8.50. The van der Waals surface area contributed by atoms with Gasteiger partial charge in [-0.2, -0.15) is 0 Å². The van der Waals surface area contributed by atoms with Crippen molar-refractivity contribution in [2.45, 2.75) is 25.9 Å². The molecule has 0 aromatic heterocycles. The fourth-order valence-corrected chi connectivity index (χ4v) is 3.53. The van der Waals surface area contributed by atoms with Crippen LogP contribution in [0.4, 0.5) is 11.4 Å². The maximum atomic E-state index is 12.8. The van der Waals surface area contributed by atoms with E-state index in [0.717, 1.165) is 29.9 Å². The van der Waals surface area contributed by atoms with Gasteiger partial charge in [0, 0.05) is 19.3 Å². The van der Waals surface area contributed by atoms with Crippen LogP contribution in [0, 0.1) is 0 Å². The molecule has 2 aromatic carbocycles. The van der Waals surface area contributed by atoms with Crippen LogP contribution in [0.1, 0.15) is 18.1 Å². The van der Waals surface area contributed by atoms with Crippen LogP contribution in [-0.4, -0.2) is 31.5 Å². The number of fused-ring (bicyclic) bond motifs is 2. The number of benzene rings is 2. The topological polar surface area (TPSA) is 49.9 Å². The van der Waals surface area contributed by atoms with Gasteiger partial charge in [0.25, 0.3) is 5.91 Å². The number of amides is 2. The fraction of sp³-hybridized carbons (Fsp3) is 0.300. The Bertz CT molecular complexity index is 862. The highest BCUT2D eigenvalue weighted by Crippen LogP contribution is 2.34. The predicted octanol–water partition coefficient (Wildman–Crippen LogP) is 2.56. The van der Waals surface area contributed by atoms with E-state index in [1.54, 1.807) is 18.9 Å². The largest absolute Gasteiger partial charge is 0.479 e. The van der Waals surface area contributed by atoms with Crippen molar-refractivity contribution in [3.63, 3.8) is 0 Å². The molecule has 0 bridgehead atoms. The molecule has 1 unspecified atom stereocenters. The Morgan fingerprint density at radius 1 is 1.20 bits per heavy atom. The Hall–Kier alpha value is -2.82. The molecular formula is C20H20N2O3. The summed E-state index contributed by atoms with van der Waals surface area (Å²) in [5.74, 6) is 0.672. The molecule has 2 aliphatic rings. The Balaban J connectivity index is 1.56. The van der Waals surface area contributed by atoms with E-state index in [1.807, 2.05) is 41.3 Å². The first-order valence-corrected chi connectivity index (χ1v) is 8.50. The molecule has 0 saturated heterocycles. The molecule has 5 nitrogen and oxygen atoms in total. The molecule has 2 aliphatic heterocycles. The molecule has 0 spiro atoms. The number of anilines is 2. The zero-order valence-electron chi connectivity index (χ0n) is 14.4. The number of para-hydroxylation sites is 1. The summed E-state index contributed by atoms with van der Waals surface area (Å²) in [7, 11) is 1.74. The Morgan fingerprint density at radius 3 is 2.84 bits per heavy atom. The van der Waals surface area contributed by atoms with Crippen molar-refractivity contribution < 1.29 is 14.3 Å². The minimum Gasteiger partial charge on any atom is -0.479 e. The van der Waals surface area contributed by atoms with Gasteiger partial charge < -0.3 is 14.5 Å². The average molecular weight is 336 g/mol. The van der Waals surface area contributed by atoms with E-state index in [4.69, 9.17) is 4.74 Å². The molecule has 0 aliphatic carbocycles. The zero-order valence-corrected chi connectivity index (χ0v) is 14.4. The Kier molecular flexibility index (Phi) is 3.71. The molecule has 1 atom stereocenters. The molecule has 2 heterocycles. The van der Waals surface area contributed by atoms with Gasteiger partial charge in [0.1, 0.15) is 5.75 Å². The minimum atomic E-state index is -0.480. The van der Waals surface area contributed by atoms with Gasteiger partial charge in [0.15, 0.2) is 6.10 Å². The molecule has 2 aromatic rings. The second-order valence-electron chi connectivity index (χ2n) is 6.56. The van der Waals surface area contributed by atoms with Crippen LogP contribution in [0.5, 0.6) is 5.75 Å². The van der Waals surface area contributed by atoms with Crippen molar-refractivity contribution in [3.8, 4) is 5.75 Å². The van der Waals surface area contributed by atoms with E-state index < -0.39 is 6.10 Å². The number of ether oxygens (including phenoxy) is 1. The van der Waals surface area contributed by atoms with Crippen molar-refractivity contribution in [2.75, 3.05) is 23.4 Å². The van der Waals surface area contributed by atoms with Crippen LogP contribution in [0.25, 0.3) is 0 Å². The monoisotopic (exact) mass is 336 g/mol. The van der Waals surface area contributed by atoms with Gasteiger partial charge >= 0.3 is 0 Å². The van der Waals surface area contributed by atoms with Crippen molar-refractivity contribution in [1.29, 1.82) is 0 Å². The van der Waals surface area contributed by atoms with Gasteiger partial charge in [-0.1, -0.05) is 24.3 Å². The van der Waals surface area contributed by atoms with Crippen molar-refractivity contribution in [2.24, 2.45) is 0 Å². The number of hydrogen-bond donors (Lipinski definition) is 0. The molecule has 4 rings (SSSR count). The van der Waals surface area contributed by atoms with Crippen molar-refractivity contribution in [3.05, 3.63) is 53.6 Å². The molecule has 5 heteroatoms. The van der Waals surface area contributed by atoms with E-state index in [-0.39, 0.29) is 11.8 Å². The van der Waals surface area contributed by atoms with Crippen LogP contribution in [0.3, 0.4) is 0 Å². The lowest BCUT2D eigenvalue weighted by atomic mass is 10.1. The van der Waals surface area contributed by atoms with E-state index in [2.05, 4.69) is 6.07 Å². The van der Waals surface area contributed by atoms with E-state index in [9.17, 15) is 9.59 Å². The van der Waals surface area contributed by atoms with Crippen LogP contribution in [-0.2, 0) is 22.4 Å². The molecule has 0 saturated carbocycles. The molecule has 0 radical (unpaired) electrons.